The molecule has 2 atom stereocenters. The highest BCUT2D eigenvalue weighted by Crippen LogP contribution is 2.26. The molecule has 1 N–H and O–H groups in total. The quantitative estimate of drug-likeness (QED) is 0.815. The Morgan fingerprint density at radius 3 is 2.44 bits per heavy atom. The molecule has 2 aromatic rings. The van der Waals surface area contributed by atoms with Crippen LogP contribution in [0.2, 0.25) is 0 Å². The maximum atomic E-state index is 10.6. The summed E-state index contributed by atoms with van der Waals surface area (Å²) < 4.78 is 37.4. The number of methoxy groups -OCH3 is 1. The molecule has 2 heterocycles. The van der Waals surface area contributed by atoms with Crippen LogP contribution in [0.5, 0.6) is 0 Å². The van der Waals surface area contributed by atoms with E-state index >= 15 is 0 Å². The maximum absolute atomic E-state index is 10.6. The molecule has 1 aromatic heterocycles. The van der Waals surface area contributed by atoms with E-state index < -0.39 is 12.1 Å². The Morgan fingerprint density at radius 2 is 1.93 bits per heavy atom. The number of thiophene rings is 1. The fourth-order valence-electron chi connectivity index (χ4n) is 3.08. The first kappa shape index (κ1) is 21.4. The zero-order valence-corrected chi connectivity index (χ0v) is 15.7. The molecule has 3 rings (SSSR count). The molecule has 8 heteroatoms. The molecular weight excluding hydrogens is 379 g/mol. The van der Waals surface area contributed by atoms with Gasteiger partial charge in [0.05, 0.1) is 6.10 Å². The summed E-state index contributed by atoms with van der Waals surface area (Å²) in [5, 5.41) is 9.28. The van der Waals surface area contributed by atoms with Crippen molar-refractivity contribution >= 4 is 17.3 Å². The van der Waals surface area contributed by atoms with Gasteiger partial charge in [0.1, 0.15) is 0 Å². The van der Waals surface area contributed by atoms with Crippen LogP contribution in [0.3, 0.4) is 0 Å². The Kier molecular flexibility index (Phi) is 7.82. The van der Waals surface area contributed by atoms with Crippen LogP contribution in [-0.2, 0) is 22.5 Å². The Hall–Kier alpha value is -1.90. The molecule has 1 aliphatic rings. The molecule has 0 unspecified atom stereocenters. The van der Waals surface area contributed by atoms with E-state index in [1.54, 1.807) is 0 Å². The average molecular weight is 401 g/mol. The van der Waals surface area contributed by atoms with Crippen LogP contribution in [0.15, 0.2) is 47.8 Å². The predicted octanol–water partition coefficient (Wildman–Crippen LogP) is 4.21. The van der Waals surface area contributed by atoms with Gasteiger partial charge in [-0.25, -0.2) is 4.79 Å². The number of ether oxygens (including phenoxy) is 1. The third-order valence-corrected chi connectivity index (χ3v) is 5.23. The predicted molar refractivity (Wildman–Crippen MR) is 97.8 cm³/mol. The van der Waals surface area contributed by atoms with Crippen molar-refractivity contribution in [3.63, 3.8) is 0 Å². The molecule has 27 heavy (non-hydrogen) atoms. The fraction of sp³-hybridized carbons (Fsp3) is 0.421. The van der Waals surface area contributed by atoms with Crippen molar-refractivity contribution in [2.45, 2.75) is 37.7 Å². The van der Waals surface area contributed by atoms with Gasteiger partial charge >= 0.3 is 12.1 Å². The van der Waals surface area contributed by atoms with Crippen molar-refractivity contribution in [1.29, 1.82) is 0 Å². The Balaban J connectivity index is 0.000000321. The zero-order chi connectivity index (χ0) is 19.9. The molecule has 148 valence electrons. The Labute approximate surface area is 160 Å². The molecule has 0 aliphatic carbocycles. The molecule has 4 nitrogen and oxygen atoms in total. The van der Waals surface area contributed by atoms with Crippen LogP contribution in [0.25, 0.3) is 0 Å². The number of aliphatic carboxylic acids is 1. The summed E-state index contributed by atoms with van der Waals surface area (Å²) in [7, 11) is 1.84. The summed E-state index contributed by atoms with van der Waals surface area (Å²) in [6.45, 7) is 2.18. The molecule has 0 radical (unpaired) electrons. The van der Waals surface area contributed by atoms with Crippen molar-refractivity contribution in [2.75, 3.05) is 13.7 Å². The van der Waals surface area contributed by atoms with Crippen LogP contribution < -0.4 is 0 Å². The first-order chi connectivity index (χ1) is 12.8. The fourth-order valence-corrected chi connectivity index (χ4v) is 3.81. The zero-order valence-electron chi connectivity index (χ0n) is 14.9. The molecule has 1 saturated heterocycles. The van der Waals surface area contributed by atoms with Gasteiger partial charge in [0.15, 0.2) is 0 Å². The van der Waals surface area contributed by atoms with Gasteiger partial charge in [-0.1, -0.05) is 36.4 Å². The van der Waals surface area contributed by atoms with Crippen LogP contribution in [0.1, 0.15) is 16.9 Å². The molecule has 1 aliphatic heterocycles. The van der Waals surface area contributed by atoms with Crippen LogP contribution in [0, 0.1) is 0 Å². The minimum absolute atomic E-state index is 0.357. The minimum Gasteiger partial charge on any atom is -0.475 e. The highest BCUT2D eigenvalue weighted by atomic mass is 32.1. The number of hydrogen-bond acceptors (Lipinski definition) is 4. The van der Waals surface area contributed by atoms with Crippen LogP contribution >= 0.6 is 11.3 Å². The number of likely N-dealkylation sites (tertiary alicyclic amines) is 1. The van der Waals surface area contributed by atoms with E-state index in [1.165, 1.54) is 10.4 Å². The van der Waals surface area contributed by atoms with Crippen molar-refractivity contribution in [3.05, 3.63) is 58.3 Å². The topological polar surface area (TPSA) is 49.8 Å². The standard InChI is InChI=1S/C17H21NOS.C2HF3O2/c1-19-17-9-10-18(13-15-8-5-11-20-15)16(17)12-14-6-3-2-4-7-14;3-2(4,5)1(6)7/h2-8,11,16-17H,9-10,12-13H2,1H3;(H,6,7)/t16-,17+;/m0./s1. The molecular formula is C19H22F3NO3S. The van der Waals surface area contributed by atoms with Gasteiger partial charge in [0, 0.05) is 31.1 Å². The number of alkyl halides is 3. The molecule has 1 fully saturated rings. The van der Waals surface area contributed by atoms with Gasteiger partial charge in [-0.2, -0.15) is 13.2 Å². The van der Waals surface area contributed by atoms with E-state index in [4.69, 9.17) is 14.6 Å². The van der Waals surface area contributed by atoms with Crippen molar-refractivity contribution in [3.8, 4) is 0 Å². The number of carbonyl (C=O) groups is 1. The van der Waals surface area contributed by atoms with Crippen LogP contribution in [0.4, 0.5) is 13.2 Å². The number of benzene rings is 1. The number of rotatable bonds is 5. The maximum Gasteiger partial charge on any atom is 0.490 e. The molecule has 0 bridgehead atoms. The summed E-state index contributed by atoms with van der Waals surface area (Å²) in [5.74, 6) is -2.76. The highest BCUT2D eigenvalue weighted by Gasteiger charge is 2.38. The second kappa shape index (κ2) is 9.87. The largest absolute Gasteiger partial charge is 0.490 e. The van der Waals surface area contributed by atoms with Gasteiger partial charge in [-0.15, -0.1) is 11.3 Å². The first-order valence-corrected chi connectivity index (χ1v) is 9.32. The molecule has 1 aromatic carbocycles. The third kappa shape index (κ3) is 6.64. The van der Waals surface area contributed by atoms with Gasteiger partial charge in [-0.05, 0) is 29.9 Å². The number of carboxylic acid groups (broad SMARTS) is 1. The van der Waals surface area contributed by atoms with E-state index in [1.807, 2.05) is 18.4 Å². The second-order valence-electron chi connectivity index (χ2n) is 6.17. The highest BCUT2D eigenvalue weighted by molar-refractivity contribution is 7.09. The molecule has 0 amide bonds. The Bertz CT molecular complexity index is 692. The van der Waals surface area contributed by atoms with Gasteiger partial charge in [-0.3, -0.25) is 4.90 Å². The lowest BCUT2D eigenvalue weighted by atomic mass is 10.0. The minimum atomic E-state index is -5.08. The van der Waals surface area contributed by atoms with Crippen molar-refractivity contribution < 1.29 is 27.8 Å². The summed E-state index contributed by atoms with van der Waals surface area (Å²) in [4.78, 5) is 12.9. The van der Waals surface area contributed by atoms with Crippen LogP contribution in [-0.4, -0.2) is 48.0 Å². The van der Waals surface area contributed by atoms with E-state index in [9.17, 15) is 13.2 Å². The summed E-state index contributed by atoms with van der Waals surface area (Å²) in [6.07, 6.45) is -2.51. The van der Waals surface area contributed by atoms with Gasteiger partial charge < -0.3 is 9.84 Å². The van der Waals surface area contributed by atoms with Gasteiger partial charge in [0.25, 0.3) is 0 Å². The summed E-state index contributed by atoms with van der Waals surface area (Å²) in [5.41, 5.74) is 1.40. The van der Waals surface area contributed by atoms with Crippen molar-refractivity contribution in [2.24, 2.45) is 0 Å². The molecule has 0 saturated carbocycles. The SMILES string of the molecule is CO[C@@H]1CCN(Cc2cccs2)[C@H]1Cc1ccccc1.O=C(O)C(F)(F)F. The van der Waals surface area contributed by atoms with E-state index in [-0.39, 0.29) is 0 Å². The number of halogens is 3. The van der Waals surface area contributed by atoms with Crippen molar-refractivity contribution in [1.82, 2.24) is 4.90 Å². The first-order valence-electron chi connectivity index (χ1n) is 8.44. The molecule has 0 spiro atoms. The Morgan fingerprint density at radius 1 is 1.26 bits per heavy atom. The lowest BCUT2D eigenvalue weighted by molar-refractivity contribution is -0.192. The lowest BCUT2D eigenvalue weighted by Crippen LogP contribution is -2.37. The number of carboxylic acids is 1. The third-order valence-electron chi connectivity index (χ3n) is 4.37. The van der Waals surface area contributed by atoms with E-state index in [2.05, 4.69) is 52.7 Å². The number of hydrogen-bond donors (Lipinski definition) is 1. The normalized spacial score (nSPS) is 20.1. The summed E-state index contributed by atoms with van der Waals surface area (Å²) in [6, 6.07) is 15.6. The van der Waals surface area contributed by atoms with Gasteiger partial charge in [0.2, 0.25) is 0 Å². The summed E-state index contributed by atoms with van der Waals surface area (Å²) >= 11 is 1.84. The average Bonchev–Trinajstić information content (AvgIpc) is 3.26. The van der Waals surface area contributed by atoms with E-state index in [0.29, 0.717) is 12.1 Å². The van der Waals surface area contributed by atoms with E-state index in [0.717, 1.165) is 25.9 Å². The monoisotopic (exact) mass is 401 g/mol. The number of nitrogens with zero attached hydrogens (tertiary/aromatic N) is 1. The lowest BCUT2D eigenvalue weighted by Gasteiger charge is -2.27. The smallest absolute Gasteiger partial charge is 0.475 e. The second-order valence-corrected chi connectivity index (χ2v) is 7.20.